The van der Waals surface area contributed by atoms with Gasteiger partial charge in [0.15, 0.2) is 0 Å². The zero-order valence-corrected chi connectivity index (χ0v) is 11.9. The number of nitrogens with one attached hydrogen (secondary N) is 1. The maximum Gasteiger partial charge on any atom is 0.305 e. The molecule has 0 radical (unpaired) electrons. The Morgan fingerprint density at radius 1 is 1.42 bits per heavy atom. The van der Waals surface area contributed by atoms with Crippen LogP contribution in [-0.4, -0.2) is 30.8 Å². The topological polar surface area (TPSA) is 58.6 Å². The van der Waals surface area contributed by atoms with E-state index >= 15 is 0 Å². The smallest absolute Gasteiger partial charge is 0.305 e. The number of hydrogen-bond acceptors (Lipinski definition) is 4. The minimum Gasteiger partial charge on any atom is -0.469 e. The molecule has 1 unspecified atom stereocenters. The third kappa shape index (κ3) is 5.85. The van der Waals surface area contributed by atoms with Gasteiger partial charge in [-0.3, -0.25) is 4.79 Å². The average Bonchev–Trinajstić information content (AvgIpc) is 2.38. The van der Waals surface area contributed by atoms with Crippen LogP contribution in [0.3, 0.4) is 0 Å². The van der Waals surface area contributed by atoms with Crippen LogP contribution < -0.4 is 5.32 Å². The van der Waals surface area contributed by atoms with E-state index in [4.69, 9.17) is 0 Å². The Hall–Kier alpha value is -1.39. The van der Waals surface area contributed by atoms with Crippen LogP contribution >= 0.6 is 0 Å². The van der Waals surface area contributed by atoms with Gasteiger partial charge in [0, 0.05) is 19.5 Å². The fourth-order valence-corrected chi connectivity index (χ4v) is 1.91. The quantitative estimate of drug-likeness (QED) is 0.737. The number of aliphatic hydroxyl groups excluding tert-OH is 1. The molecular weight excluding hydrogens is 242 g/mol. The molecule has 106 valence electrons. The van der Waals surface area contributed by atoms with Crippen molar-refractivity contribution in [2.24, 2.45) is 0 Å². The maximum atomic E-state index is 10.9. The lowest BCUT2D eigenvalue weighted by molar-refractivity contribution is -0.141. The lowest BCUT2D eigenvalue weighted by Crippen LogP contribution is -2.27. The van der Waals surface area contributed by atoms with E-state index in [1.807, 2.05) is 0 Å². The molecule has 1 aromatic rings. The second-order valence-corrected chi connectivity index (χ2v) is 4.83. The highest BCUT2D eigenvalue weighted by molar-refractivity contribution is 5.69. The Morgan fingerprint density at radius 3 is 2.79 bits per heavy atom. The molecule has 0 spiro atoms. The van der Waals surface area contributed by atoms with Crippen molar-refractivity contribution in [1.29, 1.82) is 0 Å². The van der Waals surface area contributed by atoms with Gasteiger partial charge in [-0.1, -0.05) is 23.8 Å². The van der Waals surface area contributed by atoms with Crippen molar-refractivity contribution >= 4 is 5.97 Å². The second kappa shape index (κ2) is 7.92. The summed E-state index contributed by atoms with van der Waals surface area (Å²) >= 11 is 0. The summed E-state index contributed by atoms with van der Waals surface area (Å²) < 4.78 is 4.53. The molecular formula is C15H23NO3. The number of ether oxygens (including phenoxy) is 1. The molecule has 0 amide bonds. The van der Waals surface area contributed by atoms with Crippen molar-refractivity contribution in [1.82, 2.24) is 5.32 Å². The molecule has 1 aromatic carbocycles. The van der Waals surface area contributed by atoms with Gasteiger partial charge in [0.25, 0.3) is 0 Å². The molecule has 19 heavy (non-hydrogen) atoms. The van der Waals surface area contributed by atoms with Gasteiger partial charge < -0.3 is 15.2 Å². The van der Waals surface area contributed by atoms with E-state index in [0.29, 0.717) is 13.0 Å². The van der Waals surface area contributed by atoms with Crippen molar-refractivity contribution in [3.63, 3.8) is 0 Å². The van der Waals surface area contributed by atoms with Crippen LogP contribution in [0.25, 0.3) is 0 Å². The van der Waals surface area contributed by atoms with E-state index in [-0.39, 0.29) is 12.4 Å². The highest BCUT2D eigenvalue weighted by Crippen LogP contribution is 2.10. The molecule has 0 heterocycles. The van der Waals surface area contributed by atoms with E-state index in [1.165, 1.54) is 23.8 Å². The minimum absolute atomic E-state index is 0.253. The summed E-state index contributed by atoms with van der Waals surface area (Å²) in [7, 11) is 1.35. The van der Waals surface area contributed by atoms with Crippen LogP contribution in [0.4, 0.5) is 0 Å². The van der Waals surface area contributed by atoms with Crippen LogP contribution in [0.2, 0.25) is 0 Å². The zero-order chi connectivity index (χ0) is 14.3. The molecule has 0 aliphatic carbocycles. The predicted octanol–water partition coefficient (Wildman–Crippen LogP) is 1.71. The van der Waals surface area contributed by atoms with E-state index in [2.05, 4.69) is 42.1 Å². The number of aliphatic hydroxyl groups is 1. The van der Waals surface area contributed by atoms with Crippen molar-refractivity contribution in [2.75, 3.05) is 13.7 Å². The van der Waals surface area contributed by atoms with E-state index in [0.717, 1.165) is 6.54 Å². The van der Waals surface area contributed by atoms with E-state index < -0.39 is 6.10 Å². The van der Waals surface area contributed by atoms with Crippen LogP contribution in [0, 0.1) is 13.8 Å². The van der Waals surface area contributed by atoms with Crippen LogP contribution in [-0.2, 0) is 16.1 Å². The van der Waals surface area contributed by atoms with Gasteiger partial charge in [-0.15, -0.1) is 0 Å². The highest BCUT2D eigenvalue weighted by Gasteiger charge is 2.08. The van der Waals surface area contributed by atoms with E-state index in [1.54, 1.807) is 0 Å². The number of esters is 1. The number of rotatable bonds is 7. The number of carbonyl (C=O) groups excluding carboxylic acids is 1. The van der Waals surface area contributed by atoms with Crippen molar-refractivity contribution in [3.05, 3.63) is 34.9 Å². The van der Waals surface area contributed by atoms with Crippen molar-refractivity contribution < 1.29 is 14.6 Å². The summed E-state index contributed by atoms with van der Waals surface area (Å²) in [4.78, 5) is 10.9. The maximum absolute atomic E-state index is 10.9. The lowest BCUT2D eigenvalue weighted by atomic mass is 10.1. The third-order valence-electron chi connectivity index (χ3n) is 3.10. The van der Waals surface area contributed by atoms with Gasteiger partial charge in [-0.2, -0.15) is 0 Å². The Kier molecular flexibility index (Phi) is 6.53. The summed E-state index contributed by atoms with van der Waals surface area (Å²) in [5.41, 5.74) is 3.72. The zero-order valence-electron chi connectivity index (χ0n) is 11.9. The molecule has 4 heteroatoms. The Bertz CT molecular complexity index is 418. The van der Waals surface area contributed by atoms with Crippen LogP contribution in [0.15, 0.2) is 18.2 Å². The summed E-state index contributed by atoms with van der Waals surface area (Å²) in [6.45, 7) is 5.35. The second-order valence-electron chi connectivity index (χ2n) is 4.83. The van der Waals surface area contributed by atoms with Gasteiger partial charge in [0.05, 0.1) is 13.2 Å². The SMILES string of the molecule is COC(=O)CCC(O)CNCc1ccc(C)cc1C. The fourth-order valence-electron chi connectivity index (χ4n) is 1.91. The molecule has 2 N–H and O–H groups in total. The van der Waals surface area contributed by atoms with Crippen molar-refractivity contribution in [3.8, 4) is 0 Å². The van der Waals surface area contributed by atoms with Gasteiger partial charge >= 0.3 is 5.97 Å². The molecule has 0 aliphatic heterocycles. The highest BCUT2D eigenvalue weighted by atomic mass is 16.5. The molecule has 0 fully saturated rings. The first-order chi connectivity index (χ1) is 9.02. The van der Waals surface area contributed by atoms with Crippen LogP contribution in [0.5, 0.6) is 0 Å². The largest absolute Gasteiger partial charge is 0.469 e. The summed E-state index contributed by atoms with van der Waals surface area (Å²) in [6.07, 6.45) is 0.153. The van der Waals surface area contributed by atoms with Gasteiger partial charge in [0.1, 0.15) is 0 Å². The summed E-state index contributed by atoms with van der Waals surface area (Å²) in [6, 6.07) is 6.32. The first-order valence-corrected chi connectivity index (χ1v) is 6.54. The Balaban J connectivity index is 2.27. The normalized spacial score (nSPS) is 12.2. The number of hydrogen-bond donors (Lipinski definition) is 2. The van der Waals surface area contributed by atoms with Crippen LogP contribution in [0.1, 0.15) is 29.5 Å². The molecule has 0 bridgehead atoms. The number of aryl methyl sites for hydroxylation is 2. The van der Waals surface area contributed by atoms with Gasteiger partial charge in [0.2, 0.25) is 0 Å². The third-order valence-corrected chi connectivity index (χ3v) is 3.10. The van der Waals surface area contributed by atoms with E-state index in [9.17, 15) is 9.90 Å². The molecule has 1 rings (SSSR count). The molecule has 0 saturated heterocycles. The van der Waals surface area contributed by atoms with Gasteiger partial charge in [-0.25, -0.2) is 0 Å². The first kappa shape index (κ1) is 15.7. The average molecular weight is 265 g/mol. The molecule has 0 aliphatic rings. The monoisotopic (exact) mass is 265 g/mol. The summed E-state index contributed by atoms with van der Waals surface area (Å²) in [5, 5.41) is 12.9. The number of benzene rings is 1. The predicted molar refractivity (Wildman–Crippen MR) is 74.9 cm³/mol. The Labute approximate surface area is 114 Å². The summed E-state index contributed by atoms with van der Waals surface area (Å²) in [5.74, 6) is -0.284. The van der Waals surface area contributed by atoms with Gasteiger partial charge in [-0.05, 0) is 31.4 Å². The first-order valence-electron chi connectivity index (χ1n) is 6.54. The molecule has 0 aromatic heterocycles. The number of carbonyl (C=O) groups is 1. The number of methoxy groups -OCH3 is 1. The molecule has 0 saturated carbocycles. The minimum atomic E-state index is -0.523. The standard InChI is InChI=1S/C15H23NO3/c1-11-4-5-13(12(2)8-11)9-16-10-14(17)6-7-15(18)19-3/h4-5,8,14,16-17H,6-7,9-10H2,1-3H3. The lowest BCUT2D eigenvalue weighted by Gasteiger charge is -2.12. The molecule has 1 atom stereocenters. The Morgan fingerprint density at radius 2 is 2.16 bits per heavy atom. The van der Waals surface area contributed by atoms with Crippen molar-refractivity contribution in [2.45, 2.75) is 39.3 Å². The fraction of sp³-hybridized carbons (Fsp3) is 0.533. The molecule has 4 nitrogen and oxygen atoms in total.